The van der Waals surface area contributed by atoms with Gasteiger partial charge < -0.3 is 21.4 Å². The predicted molar refractivity (Wildman–Crippen MR) is 91.9 cm³/mol. The van der Waals surface area contributed by atoms with Crippen LogP contribution in [0, 0.1) is 11.6 Å². The molecule has 0 radical (unpaired) electrons. The average Bonchev–Trinajstić information content (AvgIpc) is 2.94. The molecule has 4 rings (SSSR count). The van der Waals surface area contributed by atoms with Gasteiger partial charge in [0.05, 0.1) is 22.6 Å². The normalized spacial score (nSPS) is 13.2. The third-order valence-corrected chi connectivity index (χ3v) is 4.03. The third kappa shape index (κ3) is 2.83. The van der Waals surface area contributed by atoms with E-state index in [9.17, 15) is 13.6 Å². The summed E-state index contributed by atoms with van der Waals surface area (Å²) in [6, 6.07) is 4.68. The van der Waals surface area contributed by atoms with Crippen LogP contribution in [0.4, 0.5) is 26.1 Å². The van der Waals surface area contributed by atoms with Crippen LogP contribution in [0.2, 0.25) is 0 Å². The van der Waals surface area contributed by atoms with Crippen LogP contribution < -0.4 is 16.4 Å². The minimum atomic E-state index is -0.728. The van der Waals surface area contributed by atoms with E-state index in [1.54, 1.807) is 6.07 Å². The lowest BCUT2D eigenvalue weighted by molar-refractivity contribution is 0.0947. The van der Waals surface area contributed by atoms with Crippen molar-refractivity contribution in [2.75, 3.05) is 17.6 Å². The smallest absolute Gasteiger partial charge is 0.255 e. The van der Waals surface area contributed by atoms with Gasteiger partial charge in [-0.2, -0.15) is 0 Å². The number of amides is 1. The zero-order chi connectivity index (χ0) is 18.3. The summed E-state index contributed by atoms with van der Waals surface area (Å²) in [6.07, 6.45) is 2.08. The van der Waals surface area contributed by atoms with E-state index in [4.69, 9.17) is 5.73 Å². The number of aromatic nitrogens is 3. The molecule has 3 heterocycles. The minimum absolute atomic E-state index is 0.0715. The molecule has 132 valence electrons. The van der Waals surface area contributed by atoms with Crippen LogP contribution in [0.3, 0.4) is 0 Å². The highest BCUT2D eigenvalue weighted by Crippen LogP contribution is 2.36. The van der Waals surface area contributed by atoms with Crippen LogP contribution in [0.5, 0.6) is 0 Å². The molecule has 9 heteroatoms. The van der Waals surface area contributed by atoms with Gasteiger partial charge in [0, 0.05) is 36.6 Å². The number of hydrogen-bond donors (Lipinski definition) is 4. The number of rotatable bonds is 3. The molecule has 0 bridgehead atoms. The van der Waals surface area contributed by atoms with Crippen molar-refractivity contribution in [2.24, 2.45) is 0 Å². The Labute approximate surface area is 146 Å². The van der Waals surface area contributed by atoms with E-state index in [2.05, 4.69) is 25.6 Å². The molecule has 26 heavy (non-hydrogen) atoms. The second-order valence-electron chi connectivity index (χ2n) is 5.82. The summed E-state index contributed by atoms with van der Waals surface area (Å²) in [4.78, 5) is 23.6. The highest BCUT2D eigenvalue weighted by Gasteiger charge is 2.27. The molecule has 0 atom stereocenters. The van der Waals surface area contributed by atoms with E-state index in [-0.39, 0.29) is 17.5 Å². The lowest BCUT2D eigenvalue weighted by atomic mass is 10.1. The van der Waals surface area contributed by atoms with Crippen molar-refractivity contribution in [3.63, 3.8) is 0 Å². The van der Waals surface area contributed by atoms with Crippen LogP contribution in [-0.2, 0) is 6.42 Å². The number of nitrogens with one attached hydrogen (secondary N) is 3. The van der Waals surface area contributed by atoms with Crippen molar-refractivity contribution in [3.05, 3.63) is 53.4 Å². The van der Waals surface area contributed by atoms with Crippen molar-refractivity contribution in [1.29, 1.82) is 0 Å². The lowest BCUT2D eigenvalue weighted by Gasteiger charge is -2.15. The zero-order valence-electron chi connectivity index (χ0n) is 13.4. The van der Waals surface area contributed by atoms with E-state index in [0.29, 0.717) is 41.3 Å². The number of carbonyl (C=O) groups is 1. The quantitative estimate of drug-likeness (QED) is 0.576. The Morgan fingerprint density at radius 1 is 1.19 bits per heavy atom. The molecule has 0 unspecified atom stereocenters. The summed E-state index contributed by atoms with van der Waals surface area (Å²) < 4.78 is 27.1. The van der Waals surface area contributed by atoms with Crippen LogP contribution in [0.15, 0.2) is 30.5 Å². The number of nitrogens with two attached hydrogens (primary N) is 1. The Bertz CT molecular complexity index is 996. The number of halogens is 2. The van der Waals surface area contributed by atoms with Crippen molar-refractivity contribution >= 4 is 23.2 Å². The van der Waals surface area contributed by atoms with Gasteiger partial charge in [-0.1, -0.05) is 0 Å². The van der Waals surface area contributed by atoms with E-state index in [1.807, 2.05) is 0 Å². The summed E-state index contributed by atoms with van der Waals surface area (Å²) in [5.74, 6) is -1.67. The van der Waals surface area contributed by atoms with E-state index < -0.39 is 11.6 Å². The average molecular weight is 356 g/mol. The number of nitrogen functional groups attached to an aromatic ring is 1. The molecule has 7 nitrogen and oxygen atoms in total. The fourth-order valence-corrected chi connectivity index (χ4v) is 2.98. The first-order chi connectivity index (χ1) is 12.5. The maximum atomic E-state index is 13.5. The largest absolute Gasteiger partial charge is 0.368 e. The molecule has 2 aromatic heterocycles. The lowest BCUT2D eigenvalue weighted by Crippen LogP contribution is -2.31. The number of H-pyrrole nitrogens is 1. The van der Waals surface area contributed by atoms with Gasteiger partial charge in [-0.05, 0) is 18.2 Å². The fourth-order valence-electron chi connectivity index (χ4n) is 2.98. The van der Waals surface area contributed by atoms with Gasteiger partial charge in [-0.15, -0.1) is 0 Å². The molecule has 0 aliphatic carbocycles. The fraction of sp³-hybridized carbons (Fsp3) is 0.118. The summed E-state index contributed by atoms with van der Waals surface area (Å²) in [7, 11) is 0. The summed E-state index contributed by atoms with van der Waals surface area (Å²) >= 11 is 0. The SMILES string of the molecule is Nc1nccc(-c2[nH]c3c(c2Nc2cc(F)cc(F)c2)C(=O)NCC3)n1. The van der Waals surface area contributed by atoms with Crippen LogP contribution in [0.25, 0.3) is 11.4 Å². The Morgan fingerprint density at radius 2 is 1.96 bits per heavy atom. The summed E-state index contributed by atoms with van der Waals surface area (Å²) in [6.45, 7) is 0.492. The van der Waals surface area contributed by atoms with Gasteiger partial charge in [-0.25, -0.2) is 18.7 Å². The van der Waals surface area contributed by atoms with Gasteiger partial charge in [0.25, 0.3) is 5.91 Å². The molecule has 5 N–H and O–H groups in total. The van der Waals surface area contributed by atoms with Gasteiger partial charge in [0.2, 0.25) is 5.95 Å². The first kappa shape index (κ1) is 16.0. The topological polar surface area (TPSA) is 109 Å². The molecule has 0 saturated carbocycles. The van der Waals surface area contributed by atoms with Crippen LogP contribution in [-0.4, -0.2) is 27.4 Å². The molecule has 1 aliphatic rings. The maximum absolute atomic E-state index is 13.5. The Kier molecular flexibility index (Phi) is 3.76. The minimum Gasteiger partial charge on any atom is -0.368 e. The molecular weight excluding hydrogens is 342 g/mol. The number of benzene rings is 1. The van der Waals surface area contributed by atoms with E-state index in [0.717, 1.165) is 18.2 Å². The number of anilines is 3. The maximum Gasteiger partial charge on any atom is 0.255 e. The molecule has 1 amide bonds. The number of fused-ring (bicyclic) bond motifs is 1. The molecule has 1 aliphatic heterocycles. The Morgan fingerprint density at radius 3 is 2.69 bits per heavy atom. The number of carbonyl (C=O) groups excluding carboxylic acids is 1. The summed E-state index contributed by atoms with van der Waals surface area (Å²) in [5, 5.41) is 5.70. The van der Waals surface area contributed by atoms with E-state index in [1.165, 1.54) is 6.20 Å². The summed E-state index contributed by atoms with van der Waals surface area (Å²) in [5.41, 5.74) is 8.24. The van der Waals surface area contributed by atoms with Crippen molar-refractivity contribution < 1.29 is 13.6 Å². The number of hydrogen-bond acceptors (Lipinski definition) is 5. The first-order valence-corrected chi connectivity index (χ1v) is 7.86. The molecule has 0 spiro atoms. The van der Waals surface area contributed by atoms with Gasteiger partial charge in [-0.3, -0.25) is 4.79 Å². The highest BCUT2D eigenvalue weighted by atomic mass is 19.1. The second-order valence-corrected chi connectivity index (χ2v) is 5.82. The van der Waals surface area contributed by atoms with Crippen LogP contribution in [0.1, 0.15) is 16.1 Å². The van der Waals surface area contributed by atoms with Crippen LogP contribution >= 0.6 is 0 Å². The number of aromatic amines is 1. The second kappa shape index (κ2) is 6.10. The predicted octanol–water partition coefficient (Wildman–Crippen LogP) is 2.36. The molecule has 0 fully saturated rings. The van der Waals surface area contributed by atoms with Crippen molar-refractivity contribution in [3.8, 4) is 11.4 Å². The first-order valence-electron chi connectivity index (χ1n) is 7.86. The molecular formula is C17H14F2N6O. The number of nitrogens with zero attached hydrogens (tertiary/aromatic N) is 2. The molecule has 0 saturated heterocycles. The van der Waals surface area contributed by atoms with Gasteiger partial charge in [0.15, 0.2) is 0 Å². The Balaban J connectivity index is 1.88. The van der Waals surface area contributed by atoms with Crippen molar-refractivity contribution in [2.45, 2.75) is 6.42 Å². The highest BCUT2D eigenvalue weighted by molar-refractivity contribution is 6.06. The standard InChI is InChI=1S/C17H14F2N6O/c18-8-5-9(19)7-10(6-8)23-15-13-11(1-3-21-16(13)26)24-14(15)12-2-4-22-17(20)25-12/h2,4-7,23-24H,1,3H2,(H,21,26)(H2,20,22,25). The van der Waals surface area contributed by atoms with Gasteiger partial charge >= 0.3 is 0 Å². The van der Waals surface area contributed by atoms with E-state index >= 15 is 0 Å². The monoisotopic (exact) mass is 356 g/mol. The van der Waals surface area contributed by atoms with Crippen molar-refractivity contribution in [1.82, 2.24) is 20.3 Å². The van der Waals surface area contributed by atoms with Gasteiger partial charge in [0.1, 0.15) is 11.6 Å². The molecule has 3 aromatic rings. The third-order valence-electron chi connectivity index (χ3n) is 4.03. The zero-order valence-corrected chi connectivity index (χ0v) is 13.4. The Hall–Kier alpha value is -3.49. The molecule has 1 aromatic carbocycles.